The number of halogens is 1. The summed E-state index contributed by atoms with van der Waals surface area (Å²) in [5, 5.41) is 0.912. The van der Waals surface area contributed by atoms with Gasteiger partial charge in [0.05, 0.1) is 0 Å². The van der Waals surface area contributed by atoms with E-state index in [4.69, 9.17) is 5.73 Å². The Bertz CT molecular complexity index is 514. The summed E-state index contributed by atoms with van der Waals surface area (Å²) in [4.78, 5) is 5.47. The first-order chi connectivity index (χ1) is 7.66. The molecule has 1 aromatic carbocycles. The Morgan fingerprint density at radius 2 is 2.06 bits per heavy atom. The Labute approximate surface area is 107 Å². The van der Waals surface area contributed by atoms with Crippen LogP contribution in [-0.2, 0) is 0 Å². The highest BCUT2D eigenvalue weighted by Gasteiger charge is 2.04. The van der Waals surface area contributed by atoms with Crippen molar-refractivity contribution >= 4 is 33.4 Å². The average Bonchev–Trinajstić information content (AvgIpc) is 2.27. The number of pyridine rings is 1. The smallest absolute Gasteiger partial charge is 0.103 e. The molecule has 0 fully saturated rings. The topological polar surface area (TPSA) is 38.9 Å². The van der Waals surface area contributed by atoms with Gasteiger partial charge < -0.3 is 5.73 Å². The van der Waals surface area contributed by atoms with Crippen LogP contribution in [0, 0.1) is 6.92 Å². The number of aromatic nitrogens is 1. The van der Waals surface area contributed by atoms with Crippen LogP contribution in [0.15, 0.2) is 50.9 Å². The van der Waals surface area contributed by atoms with Gasteiger partial charge in [-0.15, -0.1) is 0 Å². The molecule has 16 heavy (non-hydrogen) atoms. The minimum Gasteiger partial charge on any atom is -0.398 e. The predicted molar refractivity (Wildman–Crippen MR) is 71.7 cm³/mol. The van der Waals surface area contributed by atoms with Gasteiger partial charge in [0.15, 0.2) is 0 Å². The van der Waals surface area contributed by atoms with Crippen LogP contribution in [0.5, 0.6) is 0 Å². The summed E-state index contributed by atoms with van der Waals surface area (Å²) < 4.78 is 1.07. The highest BCUT2D eigenvalue weighted by molar-refractivity contribution is 9.10. The fraction of sp³-hybridized carbons (Fsp3) is 0.0833. The zero-order valence-electron chi connectivity index (χ0n) is 8.77. The van der Waals surface area contributed by atoms with E-state index >= 15 is 0 Å². The van der Waals surface area contributed by atoms with Crippen LogP contribution < -0.4 is 5.73 Å². The van der Waals surface area contributed by atoms with Gasteiger partial charge in [0.1, 0.15) is 5.03 Å². The van der Waals surface area contributed by atoms with Crippen molar-refractivity contribution in [3.8, 4) is 0 Å². The summed E-state index contributed by atoms with van der Waals surface area (Å²) in [5.41, 5.74) is 7.64. The first-order valence-electron chi connectivity index (χ1n) is 4.81. The van der Waals surface area contributed by atoms with Gasteiger partial charge in [-0.25, -0.2) is 4.98 Å². The second kappa shape index (κ2) is 4.89. The van der Waals surface area contributed by atoms with E-state index < -0.39 is 0 Å². The molecule has 0 spiro atoms. The lowest BCUT2D eigenvalue weighted by molar-refractivity contribution is 1.11. The van der Waals surface area contributed by atoms with Crippen molar-refractivity contribution in [2.45, 2.75) is 16.8 Å². The maximum absolute atomic E-state index is 5.85. The highest BCUT2D eigenvalue weighted by Crippen LogP contribution is 2.32. The number of anilines is 1. The van der Waals surface area contributed by atoms with Gasteiger partial charge in [0.25, 0.3) is 0 Å². The number of nitrogens with zero attached hydrogens (tertiary/aromatic N) is 1. The van der Waals surface area contributed by atoms with E-state index in [1.165, 1.54) is 0 Å². The summed E-state index contributed by atoms with van der Waals surface area (Å²) in [6.07, 6.45) is 1.80. The molecule has 0 amide bonds. The molecule has 82 valence electrons. The lowest BCUT2D eigenvalue weighted by atomic mass is 10.3. The fourth-order valence-corrected chi connectivity index (χ4v) is 2.57. The number of hydrogen-bond donors (Lipinski definition) is 1. The quantitative estimate of drug-likeness (QED) is 0.913. The maximum atomic E-state index is 5.85. The molecule has 0 bridgehead atoms. The Balaban J connectivity index is 2.28. The molecular weight excluding hydrogens is 284 g/mol. The van der Waals surface area contributed by atoms with Gasteiger partial charge in [-0.2, -0.15) is 0 Å². The van der Waals surface area contributed by atoms with Crippen molar-refractivity contribution in [1.29, 1.82) is 0 Å². The third-order valence-corrected chi connectivity index (χ3v) is 4.13. The van der Waals surface area contributed by atoms with Crippen LogP contribution in [0.4, 0.5) is 5.69 Å². The summed E-state index contributed by atoms with van der Waals surface area (Å²) in [7, 11) is 0. The lowest BCUT2D eigenvalue weighted by Gasteiger charge is -2.05. The molecule has 2 nitrogen and oxygen atoms in total. The van der Waals surface area contributed by atoms with Crippen LogP contribution >= 0.6 is 27.7 Å². The molecular formula is C12H11BrN2S. The number of rotatable bonds is 2. The van der Waals surface area contributed by atoms with E-state index in [9.17, 15) is 0 Å². The van der Waals surface area contributed by atoms with Gasteiger partial charge in [0, 0.05) is 21.3 Å². The molecule has 1 aromatic heterocycles. The Hall–Kier alpha value is -1.00. The van der Waals surface area contributed by atoms with E-state index in [0.717, 1.165) is 25.6 Å². The second-order valence-corrected chi connectivity index (χ2v) is 5.33. The van der Waals surface area contributed by atoms with Crippen molar-refractivity contribution in [1.82, 2.24) is 4.98 Å². The van der Waals surface area contributed by atoms with E-state index in [0.29, 0.717) is 0 Å². The fourth-order valence-electron chi connectivity index (χ4n) is 1.22. The van der Waals surface area contributed by atoms with Crippen LogP contribution in [0.3, 0.4) is 0 Å². The molecule has 4 heteroatoms. The zero-order chi connectivity index (χ0) is 11.5. The number of hydrogen-bond acceptors (Lipinski definition) is 3. The van der Waals surface area contributed by atoms with Crippen molar-refractivity contribution in [3.63, 3.8) is 0 Å². The maximum Gasteiger partial charge on any atom is 0.103 e. The van der Waals surface area contributed by atoms with Crippen LogP contribution in [-0.4, -0.2) is 4.98 Å². The largest absolute Gasteiger partial charge is 0.398 e. The standard InChI is InChI=1S/C12H11BrN2S/c1-8-7-15-12(6-10(8)14)16-11-5-3-2-4-9(11)13/h2-7H,1H3,(H2,14,15). The molecule has 1 heterocycles. The van der Waals surface area contributed by atoms with E-state index in [1.807, 2.05) is 37.3 Å². The van der Waals surface area contributed by atoms with Crippen molar-refractivity contribution in [2.24, 2.45) is 0 Å². The summed E-state index contributed by atoms with van der Waals surface area (Å²) in [5.74, 6) is 0. The van der Waals surface area contributed by atoms with E-state index in [2.05, 4.69) is 20.9 Å². The second-order valence-electron chi connectivity index (χ2n) is 3.41. The molecule has 0 saturated heterocycles. The van der Waals surface area contributed by atoms with E-state index in [1.54, 1.807) is 18.0 Å². The van der Waals surface area contributed by atoms with Gasteiger partial charge >= 0.3 is 0 Å². The number of nitrogens with two attached hydrogens (primary N) is 1. The average molecular weight is 295 g/mol. The third kappa shape index (κ3) is 2.57. The van der Waals surface area contributed by atoms with Crippen molar-refractivity contribution in [3.05, 3.63) is 46.6 Å². The molecule has 0 atom stereocenters. The molecule has 0 saturated carbocycles. The number of benzene rings is 1. The summed E-state index contributed by atoms with van der Waals surface area (Å²) in [6.45, 7) is 1.95. The van der Waals surface area contributed by atoms with Crippen molar-refractivity contribution in [2.75, 3.05) is 5.73 Å². The highest BCUT2D eigenvalue weighted by atomic mass is 79.9. The van der Waals surface area contributed by atoms with Crippen LogP contribution in [0.25, 0.3) is 0 Å². The Morgan fingerprint density at radius 1 is 1.31 bits per heavy atom. The van der Waals surface area contributed by atoms with E-state index in [-0.39, 0.29) is 0 Å². The lowest BCUT2D eigenvalue weighted by Crippen LogP contribution is -1.91. The van der Waals surface area contributed by atoms with Gasteiger partial charge in [-0.1, -0.05) is 23.9 Å². The molecule has 0 aliphatic rings. The molecule has 2 aromatic rings. The summed E-state index contributed by atoms with van der Waals surface area (Å²) in [6, 6.07) is 9.96. The van der Waals surface area contributed by atoms with Gasteiger partial charge in [-0.3, -0.25) is 0 Å². The number of aryl methyl sites for hydroxylation is 1. The normalized spacial score (nSPS) is 10.4. The first-order valence-corrected chi connectivity index (χ1v) is 6.42. The summed E-state index contributed by atoms with van der Waals surface area (Å²) >= 11 is 5.11. The van der Waals surface area contributed by atoms with Gasteiger partial charge in [-0.05, 0) is 46.6 Å². The van der Waals surface area contributed by atoms with Gasteiger partial charge in [0.2, 0.25) is 0 Å². The molecule has 0 aliphatic heterocycles. The SMILES string of the molecule is Cc1cnc(Sc2ccccc2Br)cc1N. The molecule has 0 aliphatic carbocycles. The molecule has 2 N–H and O–H groups in total. The third-order valence-electron chi connectivity index (χ3n) is 2.17. The first kappa shape index (κ1) is 11.5. The van der Waals surface area contributed by atoms with Crippen molar-refractivity contribution < 1.29 is 0 Å². The molecule has 0 radical (unpaired) electrons. The van der Waals surface area contributed by atoms with Crippen LogP contribution in [0.2, 0.25) is 0 Å². The van der Waals surface area contributed by atoms with Crippen LogP contribution in [0.1, 0.15) is 5.56 Å². The minimum absolute atomic E-state index is 0.782. The predicted octanol–water partition coefficient (Wildman–Crippen LogP) is 3.89. The number of nitrogen functional groups attached to an aromatic ring is 1. The Kier molecular flexibility index (Phi) is 3.51. The Morgan fingerprint density at radius 3 is 2.75 bits per heavy atom. The monoisotopic (exact) mass is 294 g/mol. The minimum atomic E-state index is 0.782. The molecule has 2 rings (SSSR count). The molecule has 0 unspecified atom stereocenters. The zero-order valence-corrected chi connectivity index (χ0v) is 11.2.